The van der Waals surface area contributed by atoms with Gasteiger partial charge in [0.1, 0.15) is 13.2 Å². The number of nitro benzene ring substituents is 1. The standard InChI is InChI=1S/C22H31N4O7Si/c1-21(2,3)16-10-22(33-34(4)5,14-24-12-18(27)23-19(24)28)25(11-16)20(29)32-13-15-6-8-17(9-7-15)26(30)31/h6-9,16H,10-14H2,1-5H3,(H,23,27,28)/t16-,22-/m0/s1. The van der Waals surface area contributed by atoms with E-state index >= 15 is 0 Å². The number of carbonyl (C=O) groups is 3. The van der Waals surface area contributed by atoms with Crippen molar-refractivity contribution in [2.75, 3.05) is 19.6 Å². The number of nitro groups is 1. The highest BCUT2D eigenvalue weighted by atomic mass is 28.3. The van der Waals surface area contributed by atoms with Crippen molar-refractivity contribution in [1.29, 1.82) is 0 Å². The van der Waals surface area contributed by atoms with Gasteiger partial charge in [-0.25, -0.2) is 9.59 Å². The van der Waals surface area contributed by atoms with Crippen LogP contribution >= 0.6 is 0 Å². The van der Waals surface area contributed by atoms with Gasteiger partial charge in [-0.3, -0.25) is 25.1 Å². The second-order valence-corrected chi connectivity index (χ2v) is 12.0. The number of amides is 4. The van der Waals surface area contributed by atoms with E-state index in [-0.39, 0.29) is 36.7 Å². The van der Waals surface area contributed by atoms with Crippen LogP contribution in [-0.2, 0) is 20.6 Å². The van der Waals surface area contributed by atoms with Crippen LogP contribution in [0.1, 0.15) is 32.8 Å². The summed E-state index contributed by atoms with van der Waals surface area (Å²) in [5, 5.41) is 13.1. The summed E-state index contributed by atoms with van der Waals surface area (Å²) in [5.41, 5.74) is -0.699. The van der Waals surface area contributed by atoms with Crippen LogP contribution in [0.4, 0.5) is 15.3 Å². The summed E-state index contributed by atoms with van der Waals surface area (Å²) < 4.78 is 12.0. The zero-order valence-electron chi connectivity index (χ0n) is 20.1. The van der Waals surface area contributed by atoms with Gasteiger partial charge in [-0.2, -0.15) is 0 Å². The van der Waals surface area contributed by atoms with Gasteiger partial charge in [-0.15, -0.1) is 0 Å². The van der Waals surface area contributed by atoms with Crippen molar-refractivity contribution in [1.82, 2.24) is 15.1 Å². The van der Waals surface area contributed by atoms with Gasteiger partial charge in [0.15, 0.2) is 5.72 Å². The fraction of sp³-hybridized carbons (Fsp3) is 0.591. The number of nitrogens with one attached hydrogen (secondary N) is 1. The van der Waals surface area contributed by atoms with Gasteiger partial charge in [0.25, 0.3) is 5.69 Å². The molecule has 0 saturated carbocycles. The van der Waals surface area contributed by atoms with Gasteiger partial charge in [0.05, 0.1) is 11.5 Å². The zero-order valence-corrected chi connectivity index (χ0v) is 21.1. The molecule has 11 nitrogen and oxygen atoms in total. The first-order valence-electron chi connectivity index (χ1n) is 11.1. The first-order chi connectivity index (χ1) is 15.8. The molecular weight excluding hydrogens is 460 g/mol. The Hall–Kier alpha value is -2.99. The molecule has 2 fully saturated rings. The molecule has 4 amide bonds. The number of likely N-dealkylation sites (tertiary alicyclic amines) is 1. The average Bonchev–Trinajstić information content (AvgIpc) is 3.25. The van der Waals surface area contributed by atoms with Crippen LogP contribution in [0.15, 0.2) is 24.3 Å². The van der Waals surface area contributed by atoms with Gasteiger partial charge in [-0.05, 0) is 42.1 Å². The van der Waals surface area contributed by atoms with Crippen LogP contribution in [0.2, 0.25) is 13.1 Å². The topological polar surface area (TPSA) is 131 Å². The number of non-ortho nitro benzene ring substituents is 1. The Morgan fingerprint density at radius 3 is 2.41 bits per heavy atom. The number of ether oxygens (including phenoxy) is 1. The molecule has 0 aromatic heterocycles. The van der Waals surface area contributed by atoms with E-state index in [2.05, 4.69) is 26.1 Å². The lowest BCUT2D eigenvalue weighted by Crippen LogP contribution is -2.58. The quantitative estimate of drug-likeness (QED) is 0.268. The minimum Gasteiger partial charge on any atom is -0.444 e. The number of carbonyl (C=O) groups excluding carboxylic acids is 3. The Bertz CT molecular complexity index is 963. The molecule has 0 aliphatic carbocycles. The van der Waals surface area contributed by atoms with Gasteiger partial charge in [-0.1, -0.05) is 20.8 Å². The largest absolute Gasteiger partial charge is 0.444 e. The summed E-state index contributed by atoms with van der Waals surface area (Å²) in [6.45, 7) is 10.4. The maximum Gasteiger partial charge on any atom is 0.412 e. The van der Waals surface area contributed by atoms with Crippen molar-refractivity contribution in [3.8, 4) is 0 Å². The van der Waals surface area contributed by atoms with Crippen molar-refractivity contribution in [2.45, 2.75) is 52.6 Å². The highest BCUT2D eigenvalue weighted by Gasteiger charge is 2.54. The molecule has 1 aromatic rings. The molecule has 34 heavy (non-hydrogen) atoms. The summed E-state index contributed by atoms with van der Waals surface area (Å²) in [5.74, 6) is -0.321. The lowest BCUT2D eigenvalue weighted by molar-refractivity contribution is -0.384. The molecule has 1 aromatic carbocycles. The molecule has 1 N–H and O–H groups in total. The molecule has 0 spiro atoms. The average molecular weight is 492 g/mol. The highest BCUT2D eigenvalue weighted by molar-refractivity contribution is 6.48. The normalized spacial score (nSPS) is 22.9. The summed E-state index contributed by atoms with van der Waals surface area (Å²) in [4.78, 5) is 50.7. The highest BCUT2D eigenvalue weighted by Crippen LogP contribution is 2.44. The van der Waals surface area contributed by atoms with Crippen LogP contribution in [0.5, 0.6) is 0 Å². The number of rotatable bonds is 7. The third kappa shape index (κ3) is 5.73. The van der Waals surface area contributed by atoms with E-state index in [1.807, 2.05) is 13.1 Å². The molecule has 185 valence electrons. The number of urea groups is 1. The Kier molecular flexibility index (Phi) is 7.31. The zero-order chi connectivity index (χ0) is 25.3. The summed E-state index contributed by atoms with van der Waals surface area (Å²) in [7, 11) is -1.32. The Morgan fingerprint density at radius 2 is 1.91 bits per heavy atom. The van der Waals surface area contributed by atoms with E-state index in [0.29, 0.717) is 18.5 Å². The summed E-state index contributed by atoms with van der Waals surface area (Å²) >= 11 is 0. The van der Waals surface area contributed by atoms with E-state index in [9.17, 15) is 24.5 Å². The second kappa shape index (κ2) is 9.70. The molecular formula is C22H31N4O7Si. The lowest BCUT2D eigenvalue weighted by atomic mass is 9.79. The first-order valence-corrected chi connectivity index (χ1v) is 13.5. The van der Waals surface area contributed by atoms with Crippen LogP contribution in [0.3, 0.4) is 0 Å². The lowest BCUT2D eigenvalue weighted by Gasteiger charge is -2.41. The molecule has 12 heteroatoms. The maximum atomic E-state index is 13.3. The molecule has 3 rings (SSSR count). The van der Waals surface area contributed by atoms with Gasteiger partial charge >= 0.3 is 12.1 Å². The maximum absolute atomic E-state index is 13.3. The van der Waals surface area contributed by atoms with E-state index in [1.165, 1.54) is 29.2 Å². The van der Waals surface area contributed by atoms with Crippen molar-refractivity contribution in [3.63, 3.8) is 0 Å². The molecule has 1 radical (unpaired) electrons. The summed E-state index contributed by atoms with van der Waals surface area (Å²) in [6, 6.07) is 5.28. The van der Waals surface area contributed by atoms with Gasteiger partial charge < -0.3 is 14.1 Å². The molecule has 2 aliphatic heterocycles. The summed E-state index contributed by atoms with van der Waals surface area (Å²) in [6.07, 6.45) is -0.101. The number of imide groups is 1. The van der Waals surface area contributed by atoms with Crippen LogP contribution in [0, 0.1) is 21.4 Å². The molecule has 0 bridgehead atoms. The van der Waals surface area contributed by atoms with Crippen molar-refractivity contribution >= 4 is 32.8 Å². The third-order valence-corrected chi connectivity index (χ3v) is 6.90. The molecule has 2 saturated heterocycles. The van der Waals surface area contributed by atoms with E-state index in [0.717, 1.165) is 0 Å². The number of nitrogens with zero attached hydrogens (tertiary/aromatic N) is 3. The SMILES string of the molecule is C[Si](C)O[C@]1(CN2CC(=O)NC2=O)C[C@H](C(C)(C)C)CN1C(=O)OCc1ccc([N+](=O)[O-])cc1. The molecule has 2 heterocycles. The number of hydrogen-bond acceptors (Lipinski definition) is 7. The first kappa shape index (κ1) is 25.6. The van der Waals surface area contributed by atoms with Gasteiger partial charge in [0.2, 0.25) is 14.9 Å². The van der Waals surface area contributed by atoms with Crippen molar-refractivity contribution in [2.24, 2.45) is 11.3 Å². The van der Waals surface area contributed by atoms with E-state index in [1.54, 1.807) is 4.90 Å². The Labute approximate surface area is 200 Å². The predicted molar refractivity (Wildman–Crippen MR) is 124 cm³/mol. The molecule has 2 aliphatic rings. The van der Waals surface area contributed by atoms with E-state index < -0.39 is 37.7 Å². The van der Waals surface area contributed by atoms with Crippen LogP contribution < -0.4 is 5.32 Å². The second-order valence-electron chi connectivity index (χ2n) is 10.0. The van der Waals surface area contributed by atoms with Crippen molar-refractivity contribution < 1.29 is 28.5 Å². The fourth-order valence-electron chi connectivity index (χ4n) is 4.27. The monoisotopic (exact) mass is 491 g/mol. The minimum absolute atomic E-state index is 0.0472. The van der Waals surface area contributed by atoms with Gasteiger partial charge in [0, 0.05) is 25.1 Å². The molecule has 2 atom stereocenters. The fourth-order valence-corrected chi connectivity index (χ4v) is 5.29. The van der Waals surface area contributed by atoms with Crippen LogP contribution in [0.25, 0.3) is 0 Å². The van der Waals surface area contributed by atoms with Crippen molar-refractivity contribution in [3.05, 3.63) is 39.9 Å². The van der Waals surface area contributed by atoms with Crippen LogP contribution in [-0.4, -0.2) is 67.2 Å². The number of benzene rings is 1. The number of hydrogen-bond donors (Lipinski definition) is 1. The Balaban J connectivity index is 1.84. The predicted octanol–water partition coefficient (Wildman–Crippen LogP) is 3.12. The third-order valence-electron chi connectivity index (χ3n) is 6.11. The Morgan fingerprint density at radius 1 is 1.26 bits per heavy atom. The smallest absolute Gasteiger partial charge is 0.412 e. The van der Waals surface area contributed by atoms with E-state index in [4.69, 9.17) is 9.16 Å². The molecule has 0 unspecified atom stereocenters. The minimum atomic E-state index is -1.32.